The molecule has 1 aromatic carbocycles. The fourth-order valence-electron chi connectivity index (χ4n) is 5.10. The topological polar surface area (TPSA) is 71.5 Å². The number of pyridine rings is 1. The fourth-order valence-corrected chi connectivity index (χ4v) is 5.10. The first-order chi connectivity index (χ1) is 14.8. The number of nitrogens with zero attached hydrogens (tertiary/aromatic N) is 2. The number of hydrogen-bond donors (Lipinski definition) is 1. The van der Waals surface area contributed by atoms with Gasteiger partial charge in [0.1, 0.15) is 11.6 Å². The molecule has 2 aliphatic rings. The van der Waals surface area contributed by atoms with E-state index in [1.807, 2.05) is 51.1 Å². The SMILES string of the molecule is CC(C)(C)OC(=O)N1CC[C@H](C2CCCCC2)[C@H]1C(=O)Nc1ccc2ncccc2c1. The van der Waals surface area contributed by atoms with Gasteiger partial charge in [0.25, 0.3) is 0 Å². The third-order valence-corrected chi connectivity index (χ3v) is 6.47. The Balaban J connectivity index is 1.57. The summed E-state index contributed by atoms with van der Waals surface area (Å²) in [6.45, 7) is 6.14. The van der Waals surface area contributed by atoms with Gasteiger partial charge in [0.2, 0.25) is 5.91 Å². The predicted molar refractivity (Wildman–Crippen MR) is 122 cm³/mol. The number of anilines is 1. The summed E-state index contributed by atoms with van der Waals surface area (Å²) in [5.74, 6) is 0.537. The molecule has 0 radical (unpaired) electrons. The number of benzene rings is 1. The molecule has 166 valence electrons. The molecule has 0 unspecified atom stereocenters. The Kier molecular flexibility index (Phi) is 6.17. The standard InChI is InChI=1S/C25H33N3O3/c1-25(2,3)31-24(30)28-15-13-20(17-8-5-4-6-9-17)22(28)23(29)27-19-11-12-21-18(16-19)10-7-14-26-21/h7,10-12,14,16-17,20,22H,4-6,8-9,13,15H2,1-3H3,(H,27,29)/t20-,22+/m1/s1. The minimum absolute atomic E-state index is 0.123. The quantitative estimate of drug-likeness (QED) is 0.719. The summed E-state index contributed by atoms with van der Waals surface area (Å²) < 4.78 is 5.64. The number of amides is 2. The van der Waals surface area contributed by atoms with Gasteiger partial charge < -0.3 is 10.1 Å². The molecule has 2 aromatic rings. The number of fused-ring (bicyclic) bond motifs is 1. The zero-order chi connectivity index (χ0) is 22.0. The smallest absolute Gasteiger partial charge is 0.410 e. The van der Waals surface area contributed by atoms with Crippen LogP contribution in [0.25, 0.3) is 10.9 Å². The van der Waals surface area contributed by atoms with Crippen molar-refractivity contribution in [3.63, 3.8) is 0 Å². The van der Waals surface area contributed by atoms with Crippen molar-refractivity contribution in [1.29, 1.82) is 0 Å². The van der Waals surface area contributed by atoms with Gasteiger partial charge in [0, 0.05) is 23.8 Å². The van der Waals surface area contributed by atoms with E-state index in [2.05, 4.69) is 10.3 Å². The summed E-state index contributed by atoms with van der Waals surface area (Å²) in [5, 5.41) is 4.05. The van der Waals surface area contributed by atoms with Gasteiger partial charge in [0.05, 0.1) is 5.52 Å². The summed E-state index contributed by atoms with van der Waals surface area (Å²) in [5.41, 5.74) is 1.02. The van der Waals surface area contributed by atoms with Crippen LogP contribution in [0.4, 0.5) is 10.5 Å². The Hall–Kier alpha value is -2.63. The molecular weight excluding hydrogens is 390 g/mol. The molecule has 0 spiro atoms. The molecule has 4 rings (SSSR count). The van der Waals surface area contributed by atoms with Crippen LogP contribution in [0, 0.1) is 11.8 Å². The number of rotatable bonds is 3. The van der Waals surface area contributed by atoms with Crippen molar-refractivity contribution < 1.29 is 14.3 Å². The van der Waals surface area contributed by atoms with E-state index in [-0.39, 0.29) is 11.8 Å². The van der Waals surface area contributed by atoms with Crippen LogP contribution < -0.4 is 5.32 Å². The van der Waals surface area contributed by atoms with Gasteiger partial charge in [-0.15, -0.1) is 0 Å². The zero-order valence-electron chi connectivity index (χ0n) is 18.8. The lowest BCUT2D eigenvalue weighted by Gasteiger charge is -2.34. The van der Waals surface area contributed by atoms with Crippen LogP contribution >= 0.6 is 0 Å². The Morgan fingerprint density at radius 3 is 2.61 bits per heavy atom. The van der Waals surface area contributed by atoms with Crippen molar-refractivity contribution in [1.82, 2.24) is 9.88 Å². The molecule has 6 nitrogen and oxygen atoms in total. The minimum Gasteiger partial charge on any atom is -0.444 e. The summed E-state index contributed by atoms with van der Waals surface area (Å²) in [4.78, 5) is 32.4. The molecule has 2 heterocycles. The van der Waals surface area contributed by atoms with Crippen LogP contribution in [0.1, 0.15) is 59.3 Å². The van der Waals surface area contributed by atoms with Crippen LogP contribution in [0.15, 0.2) is 36.5 Å². The van der Waals surface area contributed by atoms with E-state index in [1.54, 1.807) is 11.1 Å². The summed E-state index contributed by atoms with van der Waals surface area (Å²) >= 11 is 0. The third-order valence-electron chi connectivity index (χ3n) is 6.47. The molecule has 1 saturated heterocycles. The van der Waals surface area contributed by atoms with Crippen LogP contribution in [0.2, 0.25) is 0 Å². The highest BCUT2D eigenvalue weighted by molar-refractivity contribution is 5.98. The zero-order valence-corrected chi connectivity index (χ0v) is 18.8. The highest BCUT2D eigenvalue weighted by atomic mass is 16.6. The maximum Gasteiger partial charge on any atom is 0.410 e. The summed E-state index contributed by atoms with van der Waals surface area (Å²) in [6, 6.07) is 9.07. The maximum atomic E-state index is 13.5. The summed E-state index contributed by atoms with van der Waals surface area (Å²) in [6.07, 6.45) is 8.17. The highest BCUT2D eigenvalue weighted by Crippen LogP contribution is 2.40. The normalized spacial score (nSPS) is 22.5. The highest BCUT2D eigenvalue weighted by Gasteiger charge is 2.46. The van der Waals surface area contributed by atoms with E-state index in [0.717, 1.165) is 35.9 Å². The maximum absolute atomic E-state index is 13.5. The Labute approximate surface area is 184 Å². The van der Waals surface area contributed by atoms with Crippen LogP contribution in [0.5, 0.6) is 0 Å². The number of likely N-dealkylation sites (tertiary alicyclic amines) is 1. The second-order valence-electron chi connectivity index (χ2n) is 9.87. The number of aromatic nitrogens is 1. The van der Waals surface area contributed by atoms with Gasteiger partial charge in [0.15, 0.2) is 0 Å². The second-order valence-corrected chi connectivity index (χ2v) is 9.87. The number of carbonyl (C=O) groups is 2. The van der Waals surface area contributed by atoms with E-state index in [0.29, 0.717) is 12.5 Å². The average Bonchev–Trinajstić information content (AvgIpc) is 3.19. The van der Waals surface area contributed by atoms with Crippen molar-refractivity contribution in [2.45, 2.75) is 70.9 Å². The first-order valence-electron chi connectivity index (χ1n) is 11.5. The fraction of sp³-hybridized carbons (Fsp3) is 0.560. The molecule has 31 heavy (non-hydrogen) atoms. The molecule has 1 aliphatic heterocycles. The van der Waals surface area contributed by atoms with E-state index in [4.69, 9.17) is 4.74 Å². The monoisotopic (exact) mass is 423 g/mol. The first-order valence-corrected chi connectivity index (χ1v) is 11.5. The summed E-state index contributed by atoms with van der Waals surface area (Å²) in [7, 11) is 0. The van der Waals surface area contributed by atoms with Gasteiger partial charge in [-0.25, -0.2) is 4.79 Å². The second kappa shape index (κ2) is 8.85. The molecule has 6 heteroatoms. The Morgan fingerprint density at radius 2 is 1.87 bits per heavy atom. The molecule has 1 saturated carbocycles. The number of nitrogens with one attached hydrogen (secondary N) is 1. The Bertz CT molecular complexity index is 946. The van der Waals surface area contributed by atoms with Crippen molar-refractivity contribution in [2.24, 2.45) is 11.8 Å². The molecule has 1 N–H and O–H groups in total. The molecule has 2 fully saturated rings. The lowest BCUT2D eigenvalue weighted by molar-refractivity contribution is -0.122. The van der Waals surface area contributed by atoms with E-state index in [1.165, 1.54) is 19.3 Å². The number of ether oxygens (including phenoxy) is 1. The number of carbonyl (C=O) groups excluding carboxylic acids is 2. The minimum atomic E-state index is -0.591. The average molecular weight is 424 g/mol. The van der Waals surface area contributed by atoms with Crippen molar-refractivity contribution in [3.8, 4) is 0 Å². The molecule has 0 bridgehead atoms. The van der Waals surface area contributed by atoms with Crippen molar-refractivity contribution in [3.05, 3.63) is 36.5 Å². The largest absolute Gasteiger partial charge is 0.444 e. The number of hydrogen-bond acceptors (Lipinski definition) is 4. The van der Waals surface area contributed by atoms with Crippen molar-refractivity contribution >= 4 is 28.6 Å². The van der Waals surface area contributed by atoms with Gasteiger partial charge >= 0.3 is 6.09 Å². The van der Waals surface area contributed by atoms with E-state index < -0.39 is 17.7 Å². The van der Waals surface area contributed by atoms with Crippen LogP contribution in [0.3, 0.4) is 0 Å². The lowest BCUT2D eigenvalue weighted by Crippen LogP contribution is -2.49. The van der Waals surface area contributed by atoms with Crippen LogP contribution in [-0.4, -0.2) is 40.1 Å². The molecular formula is C25H33N3O3. The predicted octanol–water partition coefficient (Wildman–Crippen LogP) is 5.38. The lowest BCUT2D eigenvalue weighted by atomic mass is 9.76. The molecule has 2 amide bonds. The van der Waals surface area contributed by atoms with Gasteiger partial charge in [-0.05, 0) is 63.3 Å². The van der Waals surface area contributed by atoms with Gasteiger partial charge in [-0.2, -0.15) is 0 Å². The first kappa shape index (κ1) is 21.6. The Morgan fingerprint density at radius 1 is 1.10 bits per heavy atom. The van der Waals surface area contributed by atoms with Gasteiger partial charge in [-0.1, -0.05) is 38.2 Å². The molecule has 1 aromatic heterocycles. The molecule has 1 aliphatic carbocycles. The van der Waals surface area contributed by atoms with Gasteiger partial charge in [-0.3, -0.25) is 14.7 Å². The third kappa shape index (κ3) is 5.00. The molecule has 2 atom stereocenters. The van der Waals surface area contributed by atoms with E-state index >= 15 is 0 Å². The van der Waals surface area contributed by atoms with Crippen LogP contribution in [-0.2, 0) is 9.53 Å². The van der Waals surface area contributed by atoms with E-state index in [9.17, 15) is 9.59 Å². The van der Waals surface area contributed by atoms with Crippen molar-refractivity contribution in [2.75, 3.05) is 11.9 Å².